The van der Waals surface area contributed by atoms with E-state index < -0.39 is 28.9 Å². The third-order valence-corrected chi connectivity index (χ3v) is 7.03. The monoisotopic (exact) mass is 517 g/mol. The van der Waals surface area contributed by atoms with E-state index in [-0.39, 0.29) is 6.09 Å². The van der Waals surface area contributed by atoms with Gasteiger partial charge in [0.25, 0.3) is 0 Å². The highest BCUT2D eigenvalue weighted by Crippen LogP contribution is 2.40. The van der Waals surface area contributed by atoms with Gasteiger partial charge in [0.15, 0.2) is 0 Å². The fourth-order valence-electron chi connectivity index (χ4n) is 4.89. The number of hydrogen-bond acceptors (Lipinski definition) is 4. The second-order valence-corrected chi connectivity index (χ2v) is 10.9. The van der Waals surface area contributed by atoms with E-state index in [1.165, 1.54) is 0 Å². The number of alkyl halides is 3. The number of carbonyl (C=O) groups excluding carboxylic acids is 1. The first-order valence-corrected chi connectivity index (χ1v) is 12.5. The van der Waals surface area contributed by atoms with Crippen molar-refractivity contribution in [2.45, 2.75) is 70.8 Å². The molecule has 0 radical (unpaired) electrons. The van der Waals surface area contributed by atoms with Gasteiger partial charge in [-0.25, -0.2) is 4.79 Å². The average Bonchev–Trinajstić information content (AvgIpc) is 3.22. The molecule has 0 bridgehead atoms. The second kappa shape index (κ2) is 10.0. The summed E-state index contributed by atoms with van der Waals surface area (Å²) in [5.41, 5.74) is 0.857. The van der Waals surface area contributed by atoms with E-state index in [4.69, 9.17) is 9.47 Å². The van der Waals surface area contributed by atoms with E-state index in [1.807, 2.05) is 51.1 Å². The largest absolute Gasteiger partial charge is 0.444 e. The Hall–Kier alpha value is -3.07. The number of nitrogens with zero attached hydrogens (tertiary/aromatic N) is 2. The van der Waals surface area contributed by atoms with Crippen LogP contribution < -0.4 is 0 Å². The molecule has 200 valence electrons. The van der Waals surface area contributed by atoms with Crippen molar-refractivity contribution in [3.05, 3.63) is 64.8 Å². The van der Waals surface area contributed by atoms with Crippen molar-refractivity contribution in [2.24, 2.45) is 0 Å². The van der Waals surface area contributed by atoms with Crippen molar-refractivity contribution >= 4 is 17.0 Å². The van der Waals surface area contributed by atoms with Gasteiger partial charge in [0.1, 0.15) is 5.60 Å². The number of H-pyrrole nitrogens is 1. The molecule has 1 unspecified atom stereocenters. The third kappa shape index (κ3) is 5.92. The zero-order chi connectivity index (χ0) is 27.0. The van der Waals surface area contributed by atoms with Gasteiger partial charge in [0, 0.05) is 29.5 Å². The lowest BCUT2D eigenvalue weighted by Gasteiger charge is -2.42. The molecule has 3 aromatic rings. The fraction of sp³-hybridized carbons (Fsp3) is 0.500. The fourth-order valence-corrected chi connectivity index (χ4v) is 4.89. The minimum Gasteiger partial charge on any atom is -0.444 e. The maximum Gasteiger partial charge on any atom is 0.416 e. The molecule has 2 aromatic carbocycles. The molecule has 9 heteroatoms. The molecule has 1 aliphatic heterocycles. The molecule has 1 amide bonds. The number of benzene rings is 2. The summed E-state index contributed by atoms with van der Waals surface area (Å²) < 4.78 is 52.8. The summed E-state index contributed by atoms with van der Waals surface area (Å²) in [6.07, 6.45) is -4.15. The Balaban J connectivity index is 1.58. The molecule has 0 aliphatic carbocycles. The predicted octanol–water partition coefficient (Wildman–Crippen LogP) is 6.94. The molecule has 1 aromatic heterocycles. The number of aromatic nitrogens is 2. The van der Waals surface area contributed by atoms with Gasteiger partial charge in [-0.3, -0.25) is 5.10 Å². The van der Waals surface area contributed by atoms with Gasteiger partial charge < -0.3 is 14.4 Å². The number of amides is 1. The lowest BCUT2D eigenvalue weighted by atomic mass is 9.73. The van der Waals surface area contributed by atoms with Crippen molar-refractivity contribution in [1.82, 2.24) is 15.1 Å². The summed E-state index contributed by atoms with van der Waals surface area (Å²) in [5.74, 6) is 0. The molecule has 2 heterocycles. The van der Waals surface area contributed by atoms with Gasteiger partial charge in [-0.05, 0) is 65.2 Å². The summed E-state index contributed by atoms with van der Waals surface area (Å²) in [6.45, 7) is 10.2. The Labute approximate surface area is 215 Å². The van der Waals surface area contributed by atoms with Gasteiger partial charge >= 0.3 is 12.3 Å². The van der Waals surface area contributed by atoms with Gasteiger partial charge in [0.05, 0.1) is 29.5 Å². The first kappa shape index (κ1) is 27.0. The van der Waals surface area contributed by atoms with Crippen LogP contribution in [-0.2, 0) is 21.1 Å². The molecular formula is C28H34F3N3O3. The first-order valence-electron chi connectivity index (χ1n) is 12.5. The minimum atomic E-state index is -4.48. The third-order valence-electron chi connectivity index (χ3n) is 7.03. The number of aromatic amines is 1. The predicted molar refractivity (Wildman–Crippen MR) is 135 cm³/mol. The summed E-state index contributed by atoms with van der Waals surface area (Å²) in [5, 5.41) is 7.44. The Morgan fingerprint density at radius 3 is 2.38 bits per heavy atom. The van der Waals surface area contributed by atoms with Gasteiger partial charge in [-0.15, -0.1) is 0 Å². The molecule has 0 spiro atoms. The Kier molecular flexibility index (Phi) is 7.29. The molecule has 4 rings (SSSR count). The number of likely N-dealkylation sites (tertiary alicyclic amines) is 1. The Bertz CT molecular complexity index is 1240. The second-order valence-electron chi connectivity index (χ2n) is 10.9. The van der Waals surface area contributed by atoms with Crippen LogP contribution >= 0.6 is 0 Å². The van der Waals surface area contributed by atoms with Crippen LogP contribution in [0.1, 0.15) is 69.0 Å². The van der Waals surface area contributed by atoms with Crippen LogP contribution in [0.25, 0.3) is 10.9 Å². The molecule has 1 fully saturated rings. The zero-order valence-electron chi connectivity index (χ0n) is 21.9. The molecule has 0 saturated carbocycles. The number of rotatable bonds is 5. The molecule has 37 heavy (non-hydrogen) atoms. The van der Waals surface area contributed by atoms with Gasteiger partial charge in [-0.1, -0.05) is 30.3 Å². The highest BCUT2D eigenvalue weighted by Gasteiger charge is 2.39. The quantitative estimate of drug-likeness (QED) is 0.398. The Morgan fingerprint density at radius 2 is 1.78 bits per heavy atom. The van der Waals surface area contributed by atoms with Crippen molar-refractivity contribution in [3.8, 4) is 0 Å². The van der Waals surface area contributed by atoms with E-state index in [0.29, 0.717) is 54.7 Å². The van der Waals surface area contributed by atoms with Crippen molar-refractivity contribution in [1.29, 1.82) is 0 Å². The smallest absolute Gasteiger partial charge is 0.416 e. The summed E-state index contributed by atoms with van der Waals surface area (Å²) in [6, 6.07) is 12.2. The summed E-state index contributed by atoms with van der Waals surface area (Å²) in [7, 11) is 0. The van der Waals surface area contributed by atoms with Crippen LogP contribution in [0.15, 0.2) is 42.5 Å². The van der Waals surface area contributed by atoms with Crippen molar-refractivity contribution in [2.75, 3.05) is 19.7 Å². The van der Waals surface area contributed by atoms with Crippen molar-refractivity contribution < 1.29 is 27.4 Å². The zero-order valence-corrected chi connectivity index (χ0v) is 21.9. The highest BCUT2D eigenvalue weighted by atomic mass is 19.4. The standard InChI is InChI=1S/C28H34F3N3O3/c1-18-22-15-21(28(29,30)31)16-23(24(22)33-32-18)19(2)36-17-27(20-9-7-6-8-10-20)11-13-34(14-12-27)25(35)37-26(3,4)5/h6-10,15-16,19H,11-14,17H2,1-5H3,(H,32,33). The van der Waals surface area contributed by atoms with Crippen LogP contribution in [-0.4, -0.2) is 46.5 Å². The van der Waals surface area contributed by atoms with E-state index >= 15 is 0 Å². The highest BCUT2D eigenvalue weighted by molar-refractivity contribution is 5.85. The van der Waals surface area contributed by atoms with Gasteiger partial charge in [0.2, 0.25) is 0 Å². The average molecular weight is 518 g/mol. The van der Waals surface area contributed by atoms with Crippen LogP contribution in [0.5, 0.6) is 0 Å². The molecule has 1 saturated heterocycles. The van der Waals surface area contributed by atoms with Crippen LogP contribution in [0.3, 0.4) is 0 Å². The van der Waals surface area contributed by atoms with E-state index in [9.17, 15) is 18.0 Å². The lowest BCUT2D eigenvalue weighted by Crippen LogP contribution is -2.48. The number of aryl methyl sites for hydroxylation is 1. The number of fused-ring (bicyclic) bond motifs is 1. The number of halogens is 3. The van der Waals surface area contributed by atoms with E-state index in [0.717, 1.165) is 17.7 Å². The minimum absolute atomic E-state index is 0.297. The molecule has 1 atom stereocenters. The topological polar surface area (TPSA) is 67.5 Å². The number of ether oxygens (including phenoxy) is 2. The SMILES string of the molecule is Cc1n[nH]c2c(C(C)OCC3(c4ccccc4)CCN(C(=O)OC(C)(C)C)CC3)cc(C(F)(F)F)cc12. The maximum atomic E-state index is 13.6. The molecule has 1 N–H and O–H groups in total. The van der Waals surface area contributed by atoms with Crippen molar-refractivity contribution in [3.63, 3.8) is 0 Å². The Morgan fingerprint density at radius 1 is 1.14 bits per heavy atom. The van der Waals surface area contributed by atoms with Crippen LogP contribution in [0, 0.1) is 6.92 Å². The van der Waals surface area contributed by atoms with Crippen LogP contribution in [0.2, 0.25) is 0 Å². The maximum absolute atomic E-state index is 13.6. The van der Waals surface area contributed by atoms with E-state index in [2.05, 4.69) is 10.2 Å². The lowest BCUT2D eigenvalue weighted by molar-refractivity contribution is -0.137. The molecule has 1 aliphatic rings. The summed E-state index contributed by atoms with van der Waals surface area (Å²) in [4.78, 5) is 14.3. The molecule has 6 nitrogen and oxygen atoms in total. The number of hydrogen-bond donors (Lipinski definition) is 1. The van der Waals surface area contributed by atoms with E-state index in [1.54, 1.807) is 18.7 Å². The number of piperidine rings is 1. The van der Waals surface area contributed by atoms with Gasteiger partial charge in [-0.2, -0.15) is 18.3 Å². The first-order chi connectivity index (χ1) is 17.3. The molecular weight excluding hydrogens is 483 g/mol. The normalized spacial score (nSPS) is 17.1. The summed E-state index contributed by atoms with van der Waals surface area (Å²) >= 11 is 0. The number of nitrogens with one attached hydrogen (secondary N) is 1. The number of carbonyl (C=O) groups is 1. The van der Waals surface area contributed by atoms with Crippen LogP contribution in [0.4, 0.5) is 18.0 Å².